The average molecular weight is 203 g/mol. The molecule has 2 heterocycles. The second-order valence-corrected chi connectivity index (χ2v) is 3.10. The molecule has 0 spiro atoms. The van der Waals surface area contributed by atoms with E-state index in [0.29, 0.717) is 0 Å². The van der Waals surface area contributed by atoms with E-state index < -0.39 is 0 Å². The third-order valence-electron chi connectivity index (χ3n) is 1.97. The Morgan fingerprint density at radius 2 is 2.33 bits per heavy atom. The van der Waals surface area contributed by atoms with Crippen molar-refractivity contribution < 1.29 is 0 Å². The smallest absolute Gasteiger partial charge is 0.172 e. The van der Waals surface area contributed by atoms with Gasteiger partial charge < -0.3 is 5.32 Å². The molecule has 1 N–H and O–H groups in total. The third-order valence-corrected chi connectivity index (χ3v) is 1.97. The van der Waals surface area contributed by atoms with Crippen LogP contribution in [0.3, 0.4) is 0 Å². The normalized spacial score (nSPS) is 10.5. The van der Waals surface area contributed by atoms with Gasteiger partial charge in [-0.25, -0.2) is 9.67 Å². The number of rotatable bonds is 4. The molecule has 0 aliphatic heterocycles. The molecule has 5 heteroatoms. The summed E-state index contributed by atoms with van der Waals surface area (Å²) in [4.78, 5) is 8.56. The van der Waals surface area contributed by atoms with Gasteiger partial charge in [-0.3, -0.25) is 4.98 Å². The van der Waals surface area contributed by atoms with Gasteiger partial charge in [-0.2, -0.15) is 5.10 Å². The SMILES string of the molecule is CCNCc1cncc(-n2cccn2)n1. The van der Waals surface area contributed by atoms with Crippen molar-refractivity contribution in [3.8, 4) is 5.82 Å². The van der Waals surface area contributed by atoms with Crippen LogP contribution in [0.25, 0.3) is 5.82 Å². The van der Waals surface area contributed by atoms with Crippen molar-refractivity contribution in [3.63, 3.8) is 0 Å². The van der Waals surface area contributed by atoms with Crippen LogP contribution < -0.4 is 5.32 Å². The Kier molecular flexibility index (Phi) is 3.04. The van der Waals surface area contributed by atoms with Crippen molar-refractivity contribution >= 4 is 0 Å². The highest BCUT2D eigenvalue weighted by Crippen LogP contribution is 2.01. The Hall–Kier alpha value is -1.75. The number of aromatic nitrogens is 4. The van der Waals surface area contributed by atoms with Crippen LogP contribution in [0.4, 0.5) is 0 Å². The second-order valence-electron chi connectivity index (χ2n) is 3.10. The quantitative estimate of drug-likeness (QED) is 0.797. The van der Waals surface area contributed by atoms with E-state index in [2.05, 4.69) is 27.3 Å². The van der Waals surface area contributed by atoms with Crippen LogP contribution in [0.2, 0.25) is 0 Å². The summed E-state index contributed by atoms with van der Waals surface area (Å²) in [7, 11) is 0. The predicted octanol–water partition coefficient (Wildman–Crippen LogP) is 0.772. The van der Waals surface area contributed by atoms with E-state index in [1.54, 1.807) is 23.3 Å². The molecule has 0 fully saturated rings. The van der Waals surface area contributed by atoms with Gasteiger partial charge in [0.15, 0.2) is 5.82 Å². The molecule has 0 aliphatic rings. The van der Waals surface area contributed by atoms with E-state index in [1.165, 1.54) is 0 Å². The van der Waals surface area contributed by atoms with E-state index in [4.69, 9.17) is 0 Å². The molecule has 0 aromatic carbocycles. The lowest BCUT2D eigenvalue weighted by Crippen LogP contribution is -2.14. The lowest BCUT2D eigenvalue weighted by molar-refractivity contribution is 0.699. The van der Waals surface area contributed by atoms with Crippen LogP contribution in [0, 0.1) is 0 Å². The molecule has 0 atom stereocenters. The summed E-state index contributed by atoms with van der Waals surface area (Å²) >= 11 is 0. The average Bonchev–Trinajstić information content (AvgIpc) is 2.80. The van der Waals surface area contributed by atoms with Crippen LogP contribution >= 0.6 is 0 Å². The van der Waals surface area contributed by atoms with E-state index in [1.807, 2.05) is 12.3 Å². The maximum absolute atomic E-state index is 4.43. The fraction of sp³-hybridized carbons (Fsp3) is 0.300. The first-order valence-electron chi connectivity index (χ1n) is 4.92. The summed E-state index contributed by atoms with van der Waals surface area (Å²) in [5.74, 6) is 0.746. The summed E-state index contributed by atoms with van der Waals surface area (Å²) in [6, 6.07) is 1.86. The molecule has 0 unspecified atom stereocenters. The first-order chi connectivity index (χ1) is 7.40. The molecule has 2 rings (SSSR count). The van der Waals surface area contributed by atoms with Crippen molar-refractivity contribution in [2.24, 2.45) is 0 Å². The highest BCUT2D eigenvalue weighted by molar-refractivity contribution is 5.18. The molecule has 2 aromatic heterocycles. The van der Waals surface area contributed by atoms with Gasteiger partial charge in [-0.1, -0.05) is 6.92 Å². The molecule has 78 valence electrons. The van der Waals surface area contributed by atoms with Gasteiger partial charge in [0.1, 0.15) is 0 Å². The van der Waals surface area contributed by atoms with Gasteiger partial charge in [0, 0.05) is 25.1 Å². The van der Waals surface area contributed by atoms with Gasteiger partial charge in [0.25, 0.3) is 0 Å². The Morgan fingerprint density at radius 3 is 3.07 bits per heavy atom. The molecular weight excluding hydrogens is 190 g/mol. The van der Waals surface area contributed by atoms with Gasteiger partial charge in [-0.05, 0) is 12.6 Å². The highest BCUT2D eigenvalue weighted by atomic mass is 15.3. The minimum absolute atomic E-state index is 0.735. The molecule has 0 aliphatic carbocycles. The molecule has 0 bridgehead atoms. The molecule has 0 radical (unpaired) electrons. The maximum atomic E-state index is 4.43. The zero-order chi connectivity index (χ0) is 10.5. The zero-order valence-corrected chi connectivity index (χ0v) is 8.59. The third kappa shape index (κ3) is 2.38. The van der Waals surface area contributed by atoms with E-state index in [9.17, 15) is 0 Å². The minimum Gasteiger partial charge on any atom is -0.311 e. The zero-order valence-electron chi connectivity index (χ0n) is 8.59. The Bertz CT molecular complexity index is 410. The second kappa shape index (κ2) is 4.65. The van der Waals surface area contributed by atoms with Crippen molar-refractivity contribution in [2.45, 2.75) is 13.5 Å². The molecule has 5 nitrogen and oxygen atoms in total. The number of nitrogens with one attached hydrogen (secondary N) is 1. The fourth-order valence-corrected chi connectivity index (χ4v) is 1.25. The van der Waals surface area contributed by atoms with Crippen molar-refractivity contribution in [1.82, 2.24) is 25.1 Å². The largest absolute Gasteiger partial charge is 0.311 e. The molecule has 0 amide bonds. The number of hydrogen-bond acceptors (Lipinski definition) is 4. The lowest BCUT2D eigenvalue weighted by atomic mass is 10.4. The fourth-order valence-electron chi connectivity index (χ4n) is 1.25. The summed E-state index contributed by atoms with van der Waals surface area (Å²) in [6.45, 7) is 3.72. The van der Waals surface area contributed by atoms with Crippen molar-refractivity contribution in [1.29, 1.82) is 0 Å². The first-order valence-corrected chi connectivity index (χ1v) is 4.92. The summed E-state index contributed by atoms with van der Waals surface area (Å²) < 4.78 is 1.70. The minimum atomic E-state index is 0.735. The van der Waals surface area contributed by atoms with Gasteiger partial charge >= 0.3 is 0 Å². The summed E-state index contributed by atoms with van der Waals surface area (Å²) in [6.07, 6.45) is 7.03. The molecule has 2 aromatic rings. The summed E-state index contributed by atoms with van der Waals surface area (Å²) in [5.41, 5.74) is 0.921. The summed E-state index contributed by atoms with van der Waals surface area (Å²) in [5, 5.41) is 7.31. The monoisotopic (exact) mass is 203 g/mol. The highest BCUT2D eigenvalue weighted by Gasteiger charge is 2.00. The predicted molar refractivity (Wildman–Crippen MR) is 56.5 cm³/mol. The van der Waals surface area contributed by atoms with Crippen LogP contribution in [-0.2, 0) is 6.54 Å². The Morgan fingerprint density at radius 1 is 1.40 bits per heavy atom. The van der Waals surface area contributed by atoms with Crippen molar-refractivity contribution in [3.05, 3.63) is 36.5 Å². The maximum Gasteiger partial charge on any atom is 0.172 e. The Balaban J connectivity index is 2.19. The van der Waals surface area contributed by atoms with E-state index in [-0.39, 0.29) is 0 Å². The topological polar surface area (TPSA) is 55.6 Å². The van der Waals surface area contributed by atoms with Gasteiger partial charge in [0.05, 0.1) is 11.9 Å². The van der Waals surface area contributed by atoms with Crippen molar-refractivity contribution in [2.75, 3.05) is 6.54 Å². The number of nitrogens with zero attached hydrogens (tertiary/aromatic N) is 4. The van der Waals surface area contributed by atoms with E-state index in [0.717, 1.165) is 24.6 Å². The molecular formula is C10H13N5. The van der Waals surface area contributed by atoms with Gasteiger partial charge in [0.2, 0.25) is 0 Å². The number of hydrogen-bond donors (Lipinski definition) is 1. The van der Waals surface area contributed by atoms with E-state index >= 15 is 0 Å². The lowest BCUT2D eigenvalue weighted by Gasteiger charge is -2.03. The van der Waals surface area contributed by atoms with Crippen LogP contribution in [0.1, 0.15) is 12.6 Å². The van der Waals surface area contributed by atoms with Gasteiger partial charge in [-0.15, -0.1) is 0 Å². The van der Waals surface area contributed by atoms with Crippen LogP contribution in [0.5, 0.6) is 0 Å². The Labute approximate surface area is 88.2 Å². The molecule has 0 saturated heterocycles. The molecule has 0 saturated carbocycles. The standard InChI is InChI=1S/C10H13N5/c1-2-11-6-9-7-12-8-10(14-9)15-5-3-4-13-15/h3-5,7-8,11H,2,6H2,1H3. The van der Waals surface area contributed by atoms with Crippen LogP contribution in [0.15, 0.2) is 30.9 Å². The molecule has 15 heavy (non-hydrogen) atoms. The van der Waals surface area contributed by atoms with Crippen LogP contribution in [-0.4, -0.2) is 26.3 Å². The first kappa shape index (κ1) is 9.79.